The van der Waals surface area contributed by atoms with Crippen LogP contribution in [0.5, 0.6) is 0 Å². The molecule has 178 valence electrons. The number of piperazine rings is 1. The molecule has 0 spiro atoms. The summed E-state index contributed by atoms with van der Waals surface area (Å²) in [7, 11) is 0. The van der Waals surface area contributed by atoms with Gasteiger partial charge in [-0.25, -0.2) is 13.2 Å². The normalized spacial score (nSPS) is 17.0. The van der Waals surface area contributed by atoms with Gasteiger partial charge in [-0.15, -0.1) is 0 Å². The van der Waals surface area contributed by atoms with E-state index in [-0.39, 0.29) is 44.5 Å². The molecular weight excluding hydrogens is 431 g/mol. The summed E-state index contributed by atoms with van der Waals surface area (Å²) in [5.41, 5.74) is 3.60. The van der Waals surface area contributed by atoms with Crippen molar-refractivity contribution in [3.8, 4) is 0 Å². The van der Waals surface area contributed by atoms with Crippen molar-refractivity contribution >= 4 is 23.5 Å². The lowest BCUT2D eigenvalue weighted by molar-refractivity contribution is -0.210. The number of hydrogen-bond donors (Lipinski definition) is 1. The van der Waals surface area contributed by atoms with E-state index in [1.807, 2.05) is 0 Å². The molecule has 11 heteroatoms. The van der Waals surface area contributed by atoms with Gasteiger partial charge in [0.2, 0.25) is 5.91 Å². The third kappa shape index (κ3) is 6.35. The van der Waals surface area contributed by atoms with Crippen LogP contribution in [0.3, 0.4) is 0 Å². The van der Waals surface area contributed by atoms with Crippen molar-refractivity contribution in [3.63, 3.8) is 0 Å². The summed E-state index contributed by atoms with van der Waals surface area (Å²) < 4.78 is 46.6. The number of amides is 2. The van der Waals surface area contributed by atoms with Gasteiger partial charge >= 0.3 is 5.97 Å². The van der Waals surface area contributed by atoms with E-state index in [9.17, 15) is 27.6 Å². The molecule has 0 bridgehead atoms. The number of carbonyl (C=O) groups excluding carboxylic acids is 3. The van der Waals surface area contributed by atoms with E-state index in [0.717, 1.165) is 12.0 Å². The van der Waals surface area contributed by atoms with Crippen molar-refractivity contribution in [2.24, 2.45) is 0 Å². The fourth-order valence-electron chi connectivity index (χ4n) is 3.23. The average molecular weight is 459 g/mol. The van der Waals surface area contributed by atoms with Gasteiger partial charge in [-0.3, -0.25) is 14.4 Å². The van der Waals surface area contributed by atoms with Gasteiger partial charge in [-0.2, -0.15) is 5.06 Å². The summed E-state index contributed by atoms with van der Waals surface area (Å²) in [5, 5.41) is 0.905. The maximum Gasteiger partial charge on any atom is 0.329 e. The number of halogens is 3. The first-order valence-electron chi connectivity index (χ1n) is 10.2. The highest BCUT2D eigenvalue weighted by atomic mass is 19.2. The molecule has 0 unspecified atom stereocenters. The van der Waals surface area contributed by atoms with Crippen molar-refractivity contribution < 1.29 is 37.1 Å². The summed E-state index contributed by atoms with van der Waals surface area (Å²) in [6.45, 7) is 6.51. The lowest BCUT2D eigenvalue weighted by Gasteiger charge is -2.40. The van der Waals surface area contributed by atoms with Crippen LogP contribution in [0.25, 0.3) is 0 Å². The van der Waals surface area contributed by atoms with Gasteiger partial charge in [0.1, 0.15) is 11.7 Å². The van der Waals surface area contributed by atoms with Crippen molar-refractivity contribution in [3.05, 3.63) is 29.1 Å². The molecule has 1 aliphatic rings. The molecule has 1 fully saturated rings. The highest BCUT2D eigenvalue weighted by molar-refractivity contribution is 5.89. The Hall–Kier alpha value is -2.82. The Balaban J connectivity index is 2.07. The van der Waals surface area contributed by atoms with Crippen molar-refractivity contribution in [2.45, 2.75) is 58.6 Å². The molecule has 8 nitrogen and oxygen atoms in total. The number of hydroxylamine groups is 2. The van der Waals surface area contributed by atoms with E-state index >= 15 is 0 Å². The number of nitrogen functional groups attached to an aromatic ring is 1. The van der Waals surface area contributed by atoms with E-state index in [0.29, 0.717) is 6.07 Å². The minimum atomic E-state index is -1.45. The van der Waals surface area contributed by atoms with E-state index in [1.54, 1.807) is 20.8 Å². The second-order valence-corrected chi connectivity index (χ2v) is 8.46. The third-order valence-electron chi connectivity index (χ3n) is 4.79. The highest BCUT2D eigenvalue weighted by Crippen LogP contribution is 2.24. The number of aryl methyl sites for hydroxylation is 1. The molecular formula is C21H28F3N3O5. The Morgan fingerprint density at radius 3 is 2.44 bits per heavy atom. The van der Waals surface area contributed by atoms with Crippen LogP contribution >= 0.6 is 0 Å². The number of anilines is 1. The summed E-state index contributed by atoms with van der Waals surface area (Å²) in [6, 6.07) is -0.294. The molecule has 1 saturated heterocycles. The second kappa shape index (κ2) is 10.2. The Labute approximate surface area is 184 Å². The molecule has 1 aromatic carbocycles. The van der Waals surface area contributed by atoms with Gasteiger partial charge in [-0.05, 0) is 45.2 Å². The maximum atomic E-state index is 14.1. The first-order valence-corrected chi connectivity index (χ1v) is 10.2. The highest BCUT2D eigenvalue weighted by Gasteiger charge is 2.39. The Bertz CT molecular complexity index is 888. The number of rotatable bonds is 7. The standard InChI is InChI=1S/C21H28F3N3O5/c1-12(28)32-27-9-8-26(15(20(27)30)11-31-21(2,3)4)16(29)7-5-6-13-10-14(22)18(24)19(25)17(13)23/h10,15H,5-9,11,25H2,1-4H3/t15-/m1/s1. The lowest BCUT2D eigenvalue weighted by atomic mass is 10.0. The van der Waals surface area contributed by atoms with E-state index < -0.39 is 52.6 Å². The monoisotopic (exact) mass is 459 g/mol. The van der Waals surface area contributed by atoms with Crippen LogP contribution in [0.15, 0.2) is 6.07 Å². The molecule has 2 N–H and O–H groups in total. The topological polar surface area (TPSA) is 102 Å². The van der Waals surface area contributed by atoms with E-state index in [4.69, 9.17) is 15.3 Å². The third-order valence-corrected chi connectivity index (χ3v) is 4.79. The van der Waals surface area contributed by atoms with Gasteiger partial charge in [0.05, 0.1) is 18.8 Å². The van der Waals surface area contributed by atoms with Gasteiger partial charge in [0.15, 0.2) is 17.5 Å². The first kappa shape index (κ1) is 25.4. The number of ether oxygens (including phenoxy) is 1. The molecule has 0 aliphatic carbocycles. The molecule has 0 radical (unpaired) electrons. The Morgan fingerprint density at radius 1 is 1.19 bits per heavy atom. The molecule has 32 heavy (non-hydrogen) atoms. The number of nitrogens with zero attached hydrogens (tertiary/aromatic N) is 2. The minimum absolute atomic E-state index is 0.00942. The van der Waals surface area contributed by atoms with E-state index in [1.165, 1.54) is 4.90 Å². The summed E-state index contributed by atoms with van der Waals surface area (Å²) in [5.74, 6) is -5.44. The zero-order valence-electron chi connectivity index (χ0n) is 18.5. The fourth-order valence-corrected chi connectivity index (χ4v) is 3.23. The average Bonchev–Trinajstić information content (AvgIpc) is 2.69. The van der Waals surface area contributed by atoms with Gasteiger partial charge in [-0.1, -0.05) is 0 Å². The molecule has 1 heterocycles. The minimum Gasteiger partial charge on any atom is -0.394 e. The number of hydrogen-bond acceptors (Lipinski definition) is 6. The van der Waals surface area contributed by atoms with Crippen LogP contribution in [0.4, 0.5) is 18.9 Å². The Morgan fingerprint density at radius 2 is 1.84 bits per heavy atom. The fraction of sp³-hybridized carbons (Fsp3) is 0.571. The number of benzene rings is 1. The van der Waals surface area contributed by atoms with Crippen LogP contribution < -0.4 is 5.73 Å². The smallest absolute Gasteiger partial charge is 0.329 e. The van der Waals surface area contributed by atoms with Gasteiger partial charge in [0, 0.05) is 19.9 Å². The van der Waals surface area contributed by atoms with Crippen molar-refractivity contribution in [2.75, 3.05) is 25.4 Å². The van der Waals surface area contributed by atoms with Crippen LogP contribution in [-0.2, 0) is 30.4 Å². The molecule has 1 atom stereocenters. The molecule has 1 aromatic rings. The number of nitrogens with two attached hydrogens (primary N) is 1. The lowest BCUT2D eigenvalue weighted by Crippen LogP contribution is -2.60. The van der Waals surface area contributed by atoms with E-state index in [2.05, 4.69) is 0 Å². The predicted octanol–water partition coefficient (Wildman–Crippen LogP) is 2.34. The zero-order chi connectivity index (χ0) is 24.2. The van der Waals surface area contributed by atoms with Crippen LogP contribution in [0.1, 0.15) is 46.1 Å². The number of carbonyl (C=O) groups is 3. The summed E-state index contributed by atoms with van der Waals surface area (Å²) in [4.78, 5) is 43.1. The Kier molecular flexibility index (Phi) is 8.11. The molecule has 1 aliphatic heterocycles. The maximum absolute atomic E-state index is 14.1. The van der Waals surface area contributed by atoms with Crippen molar-refractivity contribution in [1.29, 1.82) is 0 Å². The SMILES string of the molecule is CC(=O)ON1CCN(C(=O)CCCc2cc(F)c(F)c(N)c2F)[C@H](COC(C)(C)C)C1=O. The van der Waals surface area contributed by atoms with Crippen LogP contribution in [-0.4, -0.2) is 59.1 Å². The van der Waals surface area contributed by atoms with Crippen LogP contribution in [0.2, 0.25) is 0 Å². The van der Waals surface area contributed by atoms with Gasteiger partial charge in [0.25, 0.3) is 5.91 Å². The molecule has 0 saturated carbocycles. The molecule has 2 rings (SSSR count). The summed E-state index contributed by atoms with van der Waals surface area (Å²) >= 11 is 0. The summed E-state index contributed by atoms with van der Waals surface area (Å²) in [6.07, 6.45) is -0.0137. The molecule has 0 aromatic heterocycles. The quantitative estimate of drug-likeness (QED) is 0.496. The molecule has 2 amide bonds. The first-order chi connectivity index (χ1) is 14.8. The zero-order valence-corrected chi connectivity index (χ0v) is 18.5. The van der Waals surface area contributed by atoms with Crippen molar-refractivity contribution in [1.82, 2.24) is 9.96 Å². The van der Waals surface area contributed by atoms with Crippen LogP contribution in [0, 0.1) is 17.5 Å². The largest absolute Gasteiger partial charge is 0.394 e. The second-order valence-electron chi connectivity index (χ2n) is 8.46. The van der Waals surface area contributed by atoms with Gasteiger partial charge < -0.3 is 20.2 Å². The predicted molar refractivity (Wildman–Crippen MR) is 108 cm³/mol.